The average Bonchev–Trinajstić information content (AvgIpc) is 2.95. The van der Waals surface area contributed by atoms with Crippen molar-refractivity contribution in [2.24, 2.45) is 0 Å². The summed E-state index contributed by atoms with van der Waals surface area (Å²) in [6.45, 7) is 7.14. The van der Waals surface area contributed by atoms with Crippen LogP contribution < -0.4 is 0 Å². The van der Waals surface area contributed by atoms with Crippen LogP contribution in [0.1, 0.15) is 22.5 Å². The number of benzene rings is 1. The SMILES string of the molecule is Cc1ccc(C[C@]2(CO)CN(Cc3nc[nH]c3C)CCO2)cc1. The molecule has 2 aromatic rings. The first kappa shape index (κ1) is 16.2. The number of hydrogen-bond donors (Lipinski definition) is 2. The van der Waals surface area contributed by atoms with Crippen LogP contribution in [0, 0.1) is 13.8 Å². The van der Waals surface area contributed by atoms with Gasteiger partial charge in [0.2, 0.25) is 0 Å². The van der Waals surface area contributed by atoms with E-state index >= 15 is 0 Å². The van der Waals surface area contributed by atoms with Crippen LogP contribution in [0.25, 0.3) is 0 Å². The molecule has 1 aliphatic rings. The Bertz CT molecular complexity index is 638. The number of aliphatic hydroxyl groups is 1. The first-order valence-electron chi connectivity index (χ1n) is 8.12. The molecule has 1 fully saturated rings. The lowest BCUT2D eigenvalue weighted by Crippen LogP contribution is -2.55. The number of nitrogens with one attached hydrogen (secondary N) is 1. The van der Waals surface area contributed by atoms with Crippen molar-refractivity contribution < 1.29 is 9.84 Å². The Morgan fingerprint density at radius 3 is 2.74 bits per heavy atom. The van der Waals surface area contributed by atoms with E-state index in [1.54, 1.807) is 6.33 Å². The zero-order valence-electron chi connectivity index (χ0n) is 13.9. The minimum absolute atomic E-state index is 0.0247. The minimum Gasteiger partial charge on any atom is -0.393 e. The molecule has 0 bridgehead atoms. The van der Waals surface area contributed by atoms with E-state index in [4.69, 9.17) is 4.74 Å². The van der Waals surface area contributed by atoms with Crippen molar-refractivity contribution in [3.05, 3.63) is 53.1 Å². The molecule has 5 nitrogen and oxygen atoms in total. The first-order chi connectivity index (χ1) is 11.1. The van der Waals surface area contributed by atoms with Crippen molar-refractivity contribution in [1.82, 2.24) is 14.9 Å². The smallest absolute Gasteiger partial charge is 0.108 e. The summed E-state index contributed by atoms with van der Waals surface area (Å²) in [7, 11) is 0. The lowest BCUT2D eigenvalue weighted by molar-refractivity contribution is -0.134. The number of aliphatic hydroxyl groups excluding tert-OH is 1. The monoisotopic (exact) mass is 315 g/mol. The fourth-order valence-corrected chi connectivity index (χ4v) is 3.15. The summed E-state index contributed by atoms with van der Waals surface area (Å²) >= 11 is 0. The molecule has 2 N–H and O–H groups in total. The Labute approximate surface area is 137 Å². The van der Waals surface area contributed by atoms with Crippen molar-refractivity contribution in [1.29, 1.82) is 0 Å². The number of aromatic nitrogens is 2. The Morgan fingerprint density at radius 2 is 2.09 bits per heavy atom. The Hall–Kier alpha value is -1.69. The summed E-state index contributed by atoms with van der Waals surface area (Å²) in [6, 6.07) is 8.45. The highest BCUT2D eigenvalue weighted by Crippen LogP contribution is 2.24. The van der Waals surface area contributed by atoms with Crippen LogP contribution in [0.5, 0.6) is 0 Å². The standard InChI is InChI=1S/C18H25N3O2/c1-14-3-5-16(6-4-14)9-18(12-22)11-21(7-8-23-18)10-17-15(2)19-13-20-17/h3-6,13,22H,7-12H2,1-2H3,(H,19,20)/t18-/m1/s1. The fourth-order valence-electron chi connectivity index (χ4n) is 3.15. The zero-order chi connectivity index (χ0) is 16.3. The maximum atomic E-state index is 9.98. The van der Waals surface area contributed by atoms with Crippen molar-refractivity contribution in [3.8, 4) is 0 Å². The summed E-state index contributed by atoms with van der Waals surface area (Å²) in [5, 5.41) is 9.98. The van der Waals surface area contributed by atoms with Gasteiger partial charge in [-0.05, 0) is 19.4 Å². The Kier molecular flexibility index (Phi) is 4.80. The van der Waals surface area contributed by atoms with Crippen molar-refractivity contribution >= 4 is 0 Å². The number of H-pyrrole nitrogens is 1. The van der Waals surface area contributed by atoms with E-state index in [0.717, 1.165) is 30.9 Å². The van der Waals surface area contributed by atoms with Crippen LogP contribution in [-0.4, -0.2) is 51.9 Å². The molecule has 1 aromatic heterocycles. The van der Waals surface area contributed by atoms with Gasteiger partial charge in [-0.1, -0.05) is 29.8 Å². The number of hydrogen-bond acceptors (Lipinski definition) is 4. The predicted octanol–water partition coefficient (Wildman–Crippen LogP) is 1.83. The van der Waals surface area contributed by atoms with Crippen molar-refractivity contribution in [2.75, 3.05) is 26.3 Å². The highest BCUT2D eigenvalue weighted by atomic mass is 16.5. The van der Waals surface area contributed by atoms with Crippen molar-refractivity contribution in [3.63, 3.8) is 0 Å². The molecular formula is C18H25N3O2. The summed E-state index contributed by atoms with van der Waals surface area (Å²) in [4.78, 5) is 9.81. The van der Waals surface area contributed by atoms with Gasteiger partial charge in [-0.25, -0.2) is 4.98 Å². The van der Waals surface area contributed by atoms with Gasteiger partial charge in [-0.15, -0.1) is 0 Å². The van der Waals surface area contributed by atoms with Crippen LogP contribution in [0.15, 0.2) is 30.6 Å². The van der Waals surface area contributed by atoms with E-state index in [1.807, 2.05) is 6.92 Å². The van der Waals surface area contributed by atoms with Crippen molar-refractivity contribution in [2.45, 2.75) is 32.4 Å². The van der Waals surface area contributed by atoms with Gasteiger partial charge in [0, 0.05) is 31.7 Å². The molecule has 0 spiro atoms. The van der Waals surface area contributed by atoms with Crippen LogP contribution in [-0.2, 0) is 17.7 Å². The lowest BCUT2D eigenvalue weighted by Gasteiger charge is -2.41. The average molecular weight is 315 g/mol. The zero-order valence-corrected chi connectivity index (χ0v) is 13.9. The minimum atomic E-state index is -0.530. The number of morpholine rings is 1. The normalized spacial score (nSPS) is 22.4. The molecule has 23 heavy (non-hydrogen) atoms. The molecular weight excluding hydrogens is 290 g/mol. The van der Waals surface area contributed by atoms with E-state index in [0.29, 0.717) is 13.2 Å². The summed E-state index contributed by atoms with van der Waals surface area (Å²) in [5.41, 5.74) is 4.07. The number of aromatic amines is 1. The molecule has 124 valence electrons. The maximum absolute atomic E-state index is 9.98. The second-order valence-corrected chi connectivity index (χ2v) is 6.54. The summed E-state index contributed by atoms with van der Waals surface area (Å²) in [5.74, 6) is 0. The van der Waals surface area contributed by atoms with E-state index in [9.17, 15) is 5.11 Å². The van der Waals surface area contributed by atoms with Crippen LogP contribution in [0.3, 0.4) is 0 Å². The number of imidazole rings is 1. The molecule has 0 saturated carbocycles. The quantitative estimate of drug-likeness (QED) is 0.884. The van der Waals surface area contributed by atoms with Gasteiger partial charge >= 0.3 is 0 Å². The molecule has 0 unspecified atom stereocenters. The molecule has 0 amide bonds. The highest BCUT2D eigenvalue weighted by molar-refractivity contribution is 5.23. The molecule has 1 saturated heterocycles. The topological polar surface area (TPSA) is 61.4 Å². The first-order valence-corrected chi connectivity index (χ1v) is 8.12. The summed E-state index contributed by atoms with van der Waals surface area (Å²) < 4.78 is 6.01. The Balaban J connectivity index is 1.70. The molecule has 0 aliphatic carbocycles. The van der Waals surface area contributed by atoms with E-state index in [1.165, 1.54) is 11.1 Å². The van der Waals surface area contributed by atoms with Crippen LogP contribution >= 0.6 is 0 Å². The Morgan fingerprint density at radius 1 is 1.30 bits per heavy atom. The van der Waals surface area contributed by atoms with Gasteiger partial charge in [0.05, 0.1) is 25.2 Å². The van der Waals surface area contributed by atoms with Gasteiger partial charge in [0.15, 0.2) is 0 Å². The number of aryl methyl sites for hydroxylation is 2. The fraction of sp³-hybridized carbons (Fsp3) is 0.500. The third-order valence-corrected chi connectivity index (χ3v) is 4.57. The van der Waals surface area contributed by atoms with Gasteiger partial charge in [0.1, 0.15) is 5.60 Å². The van der Waals surface area contributed by atoms with Gasteiger partial charge in [-0.3, -0.25) is 4.90 Å². The van der Waals surface area contributed by atoms with E-state index in [-0.39, 0.29) is 6.61 Å². The number of ether oxygens (including phenoxy) is 1. The molecule has 2 heterocycles. The summed E-state index contributed by atoms with van der Waals surface area (Å²) in [6.07, 6.45) is 2.45. The second kappa shape index (κ2) is 6.83. The molecule has 1 atom stereocenters. The molecule has 0 radical (unpaired) electrons. The van der Waals surface area contributed by atoms with E-state index in [2.05, 4.69) is 46.1 Å². The molecule has 1 aromatic carbocycles. The largest absolute Gasteiger partial charge is 0.393 e. The van der Waals surface area contributed by atoms with Crippen LogP contribution in [0.4, 0.5) is 0 Å². The highest BCUT2D eigenvalue weighted by Gasteiger charge is 2.36. The van der Waals surface area contributed by atoms with Gasteiger partial charge in [0.25, 0.3) is 0 Å². The molecule has 3 rings (SSSR count). The van der Waals surface area contributed by atoms with Crippen LogP contribution in [0.2, 0.25) is 0 Å². The second-order valence-electron chi connectivity index (χ2n) is 6.54. The number of nitrogens with zero attached hydrogens (tertiary/aromatic N) is 2. The third-order valence-electron chi connectivity index (χ3n) is 4.57. The van der Waals surface area contributed by atoms with E-state index < -0.39 is 5.60 Å². The lowest BCUT2D eigenvalue weighted by atomic mass is 9.92. The molecule has 5 heteroatoms. The third kappa shape index (κ3) is 3.80. The predicted molar refractivity (Wildman–Crippen MR) is 89.3 cm³/mol. The number of rotatable bonds is 5. The van der Waals surface area contributed by atoms with Gasteiger partial charge < -0.3 is 14.8 Å². The van der Waals surface area contributed by atoms with Gasteiger partial charge in [-0.2, -0.15) is 0 Å². The maximum Gasteiger partial charge on any atom is 0.108 e. The molecule has 1 aliphatic heterocycles.